The van der Waals surface area contributed by atoms with Crippen molar-refractivity contribution in [3.63, 3.8) is 0 Å². The average Bonchev–Trinajstić information content (AvgIpc) is 3.29. The predicted molar refractivity (Wildman–Crippen MR) is 98.4 cm³/mol. The molecule has 2 unspecified atom stereocenters. The van der Waals surface area contributed by atoms with E-state index in [1.54, 1.807) is 0 Å². The largest absolute Gasteiger partial charge is 0.368 e. The molecule has 0 aliphatic carbocycles. The van der Waals surface area contributed by atoms with Crippen molar-refractivity contribution in [2.45, 2.75) is 30.8 Å². The Kier molecular flexibility index (Phi) is 4.65. The molecule has 1 aromatic carbocycles. The van der Waals surface area contributed by atoms with Gasteiger partial charge in [0.15, 0.2) is 0 Å². The zero-order valence-electron chi connectivity index (χ0n) is 14.9. The first-order valence-electron chi connectivity index (χ1n) is 9.52. The van der Waals surface area contributed by atoms with Crippen LogP contribution in [0.3, 0.4) is 0 Å². The highest BCUT2D eigenvalue weighted by atomic mass is 16.5. The molecule has 0 bridgehead atoms. The first-order valence-corrected chi connectivity index (χ1v) is 9.52. The minimum absolute atomic E-state index is 0.164. The third kappa shape index (κ3) is 3.02. The molecule has 1 aromatic rings. The van der Waals surface area contributed by atoms with Gasteiger partial charge in [0, 0.05) is 50.7 Å². The number of nitrogens with zero attached hydrogens (tertiary/aromatic N) is 2. The molecule has 134 valence electrons. The number of likely N-dealkylation sites (tertiary alicyclic amines) is 2. The topological polar surface area (TPSA) is 32.8 Å². The summed E-state index contributed by atoms with van der Waals surface area (Å²) in [6.45, 7) is 9.35. The van der Waals surface area contributed by atoms with Crippen molar-refractivity contribution < 1.29 is 9.53 Å². The number of ether oxygens (including phenoxy) is 1. The van der Waals surface area contributed by atoms with E-state index in [1.165, 1.54) is 5.56 Å². The quantitative estimate of drug-likeness (QED) is 0.790. The third-order valence-electron chi connectivity index (χ3n) is 6.29. The van der Waals surface area contributed by atoms with Gasteiger partial charge in [-0.25, -0.2) is 0 Å². The highest BCUT2D eigenvalue weighted by molar-refractivity contribution is 5.81. The molecule has 0 radical (unpaired) electrons. The molecule has 0 N–H and O–H groups in total. The second kappa shape index (κ2) is 6.93. The van der Waals surface area contributed by atoms with Crippen LogP contribution in [0.25, 0.3) is 0 Å². The Morgan fingerprint density at radius 2 is 2.16 bits per heavy atom. The molecule has 3 saturated heterocycles. The number of rotatable bonds is 4. The number of hydrogen-bond donors (Lipinski definition) is 0. The number of carbonyl (C=O) groups is 1. The van der Waals surface area contributed by atoms with Gasteiger partial charge in [-0.2, -0.15) is 0 Å². The first kappa shape index (κ1) is 16.8. The van der Waals surface area contributed by atoms with Gasteiger partial charge in [0.25, 0.3) is 5.91 Å². The Morgan fingerprint density at radius 1 is 1.32 bits per heavy atom. The van der Waals surface area contributed by atoms with Crippen molar-refractivity contribution in [1.29, 1.82) is 0 Å². The smallest absolute Gasteiger partial charge is 0.251 e. The average molecular weight is 340 g/mol. The van der Waals surface area contributed by atoms with E-state index >= 15 is 0 Å². The van der Waals surface area contributed by atoms with E-state index in [2.05, 4.69) is 46.7 Å². The highest BCUT2D eigenvalue weighted by Gasteiger charge is 2.51. The molecule has 3 heterocycles. The molecule has 0 spiro atoms. The Labute approximate surface area is 150 Å². The lowest BCUT2D eigenvalue weighted by Gasteiger charge is -2.44. The lowest BCUT2D eigenvalue weighted by atomic mass is 9.68. The van der Waals surface area contributed by atoms with Gasteiger partial charge in [-0.3, -0.25) is 9.69 Å². The van der Waals surface area contributed by atoms with Crippen LogP contribution in [0.5, 0.6) is 0 Å². The molecule has 3 atom stereocenters. The monoisotopic (exact) mass is 340 g/mol. The first-order chi connectivity index (χ1) is 12.2. The SMILES string of the molecule is C=CCN1CC2CN(C(=O)[C@H]3CCCO3)CCC2(c2ccccc2)C1. The summed E-state index contributed by atoms with van der Waals surface area (Å²) in [5.74, 6) is 0.690. The normalized spacial score (nSPS) is 32.6. The fourth-order valence-corrected chi connectivity index (χ4v) is 5.03. The van der Waals surface area contributed by atoms with Gasteiger partial charge in [-0.1, -0.05) is 36.4 Å². The van der Waals surface area contributed by atoms with E-state index in [0.717, 1.165) is 58.6 Å². The molecule has 3 fully saturated rings. The molecule has 0 aromatic heterocycles. The van der Waals surface area contributed by atoms with Crippen molar-refractivity contribution in [2.75, 3.05) is 39.3 Å². The van der Waals surface area contributed by atoms with Crippen LogP contribution < -0.4 is 0 Å². The zero-order chi connectivity index (χ0) is 17.3. The van der Waals surface area contributed by atoms with Crippen LogP contribution in [-0.2, 0) is 14.9 Å². The summed E-state index contributed by atoms with van der Waals surface area (Å²) in [6.07, 6.45) is 4.72. The van der Waals surface area contributed by atoms with Gasteiger partial charge in [0.2, 0.25) is 0 Å². The van der Waals surface area contributed by atoms with Crippen molar-refractivity contribution in [3.05, 3.63) is 48.6 Å². The van der Waals surface area contributed by atoms with Gasteiger partial charge in [0.1, 0.15) is 6.10 Å². The summed E-state index contributed by atoms with van der Waals surface area (Å²) < 4.78 is 5.63. The molecule has 25 heavy (non-hydrogen) atoms. The standard InChI is InChI=1S/C21H28N2O2/c1-2-11-22-14-18-15-23(20(24)19-9-6-13-25-19)12-10-21(18,16-22)17-7-4-3-5-8-17/h2-5,7-8,18-19H,1,6,9-16H2/t18?,19-,21?/m1/s1. The Hall–Kier alpha value is -1.65. The predicted octanol–water partition coefficient (Wildman–Crippen LogP) is 2.45. The number of hydrogen-bond acceptors (Lipinski definition) is 3. The van der Waals surface area contributed by atoms with Gasteiger partial charge < -0.3 is 9.64 Å². The molecule has 4 heteroatoms. The molecule has 4 nitrogen and oxygen atoms in total. The van der Waals surface area contributed by atoms with E-state index in [4.69, 9.17) is 4.74 Å². The molecular formula is C21H28N2O2. The van der Waals surface area contributed by atoms with Crippen LogP contribution in [-0.4, -0.2) is 61.1 Å². The summed E-state index contributed by atoms with van der Waals surface area (Å²) in [4.78, 5) is 17.4. The minimum Gasteiger partial charge on any atom is -0.368 e. The lowest BCUT2D eigenvalue weighted by Crippen LogP contribution is -2.53. The fourth-order valence-electron chi connectivity index (χ4n) is 5.03. The van der Waals surface area contributed by atoms with E-state index in [-0.39, 0.29) is 17.4 Å². The van der Waals surface area contributed by atoms with Gasteiger partial charge in [-0.05, 0) is 24.8 Å². The Balaban J connectivity index is 1.56. The molecule has 4 rings (SSSR count). The van der Waals surface area contributed by atoms with E-state index in [0.29, 0.717) is 5.92 Å². The molecule has 3 aliphatic rings. The third-order valence-corrected chi connectivity index (χ3v) is 6.29. The Bertz CT molecular complexity index is 626. The fraction of sp³-hybridized carbons (Fsp3) is 0.571. The highest BCUT2D eigenvalue weighted by Crippen LogP contribution is 2.45. The van der Waals surface area contributed by atoms with Crippen LogP contribution in [0.2, 0.25) is 0 Å². The number of carbonyl (C=O) groups excluding carboxylic acids is 1. The van der Waals surface area contributed by atoms with Crippen molar-refractivity contribution in [2.24, 2.45) is 5.92 Å². The van der Waals surface area contributed by atoms with E-state index < -0.39 is 0 Å². The van der Waals surface area contributed by atoms with Gasteiger partial charge >= 0.3 is 0 Å². The van der Waals surface area contributed by atoms with Crippen molar-refractivity contribution >= 4 is 5.91 Å². The Morgan fingerprint density at radius 3 is 2.88 bits per heavy atom. The van der Waals surface area contributed by atoms with E-state index in [1.807, 2.05) is 6.08 Å². The number of fused-ring (bicyclic) bond motifs is 1. The molecule has 0 saturated carbocycles. The van der Waals surface area contributed by atoms with Crippen LogP contribution in [0.15, 0.2) is 43.0 Å². The lowest BCUT2D eigenvalue weighted by molar-refractivity contribution is -0.143. The van der Waals surface area contributed by atoms with E-state index in [9.17, 15) is 4.79 Å². The van der Waals surface area contributed by atoms with Crippen LogP contribution in [0.4, 0.5) is 0 Å². The summed E-state index contributed by atoms with van der Waals surface area (Å²) in [5.41, 5.74) is 1.59. The number of amides is 1. The van der Waals surface area contributed by atoms with Gasteiger partial charge in [0.05, 0.1) is 0 Å². The van der Waals surface area contributed by atoms with Crippen LogP contribution in [0, 0.1) is 5.92 Å². The van der Waals surface area contributed by atoms with Crippen LogP contribution in [0.1, 0.15) is 24.8 Å². The molecule has 3 aliphatic heterocycles. The summed E-state index contributed by atoms with van der Waals surface area (Å²) in [7, 11) is 0. The maximum absolute atomic E-state index is 12.8. The summed E-state index contributed by atoms with van der Waals surface area (Å²) >= 11 is 0. The number of benzene rings is 1. The zero-order valence-corrected chi connectivity index (χ0v) is 14.9. The van der Waals surface area contributed by atoms with Crippen LogP contribution >= 0.6 is 0 Å². The van der Waals surface area contributed by atoms with Gasteiger partial charge in [-0.15, -0.1) is 6.58 Å². The maximum Gasteiger partial charge on any atom is 0.251 e. The minimum atomic E-state index is -0.199. The maximum atomic E-state index is 12.8. The summed E-state index contributed by atoms with van der Waals surface area (Å²) in [6, 6.07) is 10.9. The second-order valence-corrected chi connectivity index (χ2v) is 7.74. The van der Waals surface area contributed by atoms with Crippen molar-refractivity contribution in [1.82, 2.24) is 9.80 Å². The number of piperidine rings is 1. The molecular weight excluding hydrogens is 312 g/mol. The second-order valence-electron chi connectivity index (χ2n) is 7.74. The summed E-state index contributed by atoms with van der Waals surface area (Å²) in [5, 5.41) is 0. The molecule has 1 amide bonds. The van der Waals surface area contributed by atoms with Crippen molar-refractivity contribution in [3.8, 4) is 0 Å².